The number of hydrogen-bond acceptors (Lipinski definition) is 7. The van der Waals surface area contributed by atoms with Crippen molar-refractivity contribution in [2.75, 3.05) is 50.9 Å². The minimum atomic E-state index is -0.153. The summed E-state index contributed by atoms with van der Waals surface area (Å²) in [7, 11) is 7.84. The van der Waals surface area contributed by atoms with Crippen LogP contribution in [0.3, 0.4) is 0 Å². The van der Waals surface area contributed by atoms with Gasteiger partial charge in [-0.05, 0) is 66.5 Å². The number of nitrogens with one attached hydrogen (secondary N) is 5. The van der Waals surface area contributed by atoms with E-state index < -0.39 is 0 Å². The molecule has 4 rings (SSSR count). The van der Waals surface area contributed by atoms with E-state index in [9.17, 15) is 4.79 Å². The number of imidazole rings is 1. The molecule has 2 amide bonds. The first-order valence-corrected chi connectivity index (χ1v) is 14.0. The molecule has 0 radical (unpaired) electrons. The van der Waals surface area contributed by atoms with Crippen molar-refractivity contribution in [1.82, 2.24) is 15.2 Å². The summed E-state index contributed by atoms with van der Waals surface area (Å²) in [5.74, 6) is 1.62. The molecule has 0 aliphatic carbocycles. The van der Waals surface area contributed by atoms with Crippen LogP contribution < -0.4 is 30.7 Å². The van der Waals surface area contributed by atoms with E-state index in [4.69, 9.17) is 0 Å². The molecule has 0 saturated heterocycles. The number of quaternary nitrogens is 1. The van der Waals surface area contributed by atoms with Crippen LogP contribution in [0, 0.1) is 0 Å². The average Bonchev–Trinajstić information content (AvgIpc) is 3.49. The number of nitrogens with zero attached hydrogens (tertiary/aromatic N) is 7. The maximum atomic E-state index is 12.1. The first-order chi connectivity index (χ1) is 20.4. The third kappa shape index (κ3) is 9.06. The molecular formula is C29H41N12O+3. The molecular weight excluding hydrogens is 532 g/mol. The van der Waals surface area contributed by atoms with E-state index in [0.29, 0.717) is 13.1 Å². The van der Waals surface area contributed by atoms with E-state index in [1.54, 1.807) is 0 Å². The smallest absolute Gasteiger partial charge is 0.385 e. The summed E-state index contributed by atoms with van der Waals surface area (Å²) < 4.78 is 5.77. The standard InChI is InChI=1S/C29H38N12O/c1-38-19-20-39(2)28(38)36-34-25-11-7-23(8-12-25)30-15-5-17-32-27(42)33-18-6-16-31-24-9-13-26(14-10-24)35-37-29-40(3)21-22-41(29)4/h7-14,19-22H,5-6,15-18H2,1-4H3,(H2,32,33,42)/p+3. The number of aromatic nitrogens is 2. The highest BCUT2D eigenvalue weighted by Gasteiger charge is 2.26. The molecule has 0 spiro atoms. The zero-order valence-electron chi connectivity index (χ0n) is 24.7. The van der Waals surface area contributed by atoms with Crippen molar-refractivity contribution < 1.29 is 18.8 Å². The lowest BCUT2D eigenvalue weighted by molar-refractivity contribution is -0.735. The van der Waals surface area contributed by atoms with Crippen molar-refractivity contribution in [3.8, 4) is 0 Å². The van der Waals surface area contributed by atoms with Gasteiger partial charge in [-0.1, -0.05) is 5.11 Å². The molecule has 3 aromatic rings. The van der Waals surface area contributed by atoms with E-state index in [2.05, 4.69) is 41.7 Å². The van der Waals surface area contributed by atoms with Crippen molar-refractivity contribution in [2.24, 2.45) is 34.6 Å². The molecule has 13 heteroatoms. The van der Waals surface area contributed by atoms with Gasteiger partial charge in [0.15, 0.2) is 0 Å². The highest BCUT2D eigenvalue weighted by atomic mass is 16.2. The van der Waals surface area contributed by atoms with E-state index >= 15 is 0 Å². The fourth-order valence-electron chi connectivity index (χ4n) is 4.13. The Labute approximate surface area is 246 Å². The Balaban J connectivity index is 1.03. The topological polar surface area (TPSA) is 131 Å². The predicted octanol–water partition coefficient (Wildman–Crippen LogP) is 2.95. The highest BCUT2D eigenvalue weighted by molar-refractivity contribution is 5.73. The summed E-state index contributed by atoms with van der Waals surface area (Å²) in [6.45, 7) is 2.67. The number of guanidine groups is 1. The Hall–Kier alpha value is -4.91. The Kier molecular flexibility index (Phi) is 10.9. The number of anilines is 2. The fraction of sp³-hybridized carbons (Fsp3) is 0.345. The fourth-order valence-corrected chi connectivity index (χ4v) is 4.13. The van der Waals surface area contributed by atoms with Gasteiger partial charge in [-0.15, -0.1) is 0 Å². The number of carbonyl (C=O) groups excluding carboxylic acids is 1. The molecule has 2 aromatic carbocycles. The third-order valence-corrected chi connectivity index (χ3v) is 6.57. The molecule has 0 saturated carbocycles. The Bertz CT molecular complexity index is 1420. The minimum Gasteiger partial charge on any atom is -0.385 e. The predicted molar refractivity (Wildman–Crippen MR) is 163 cm³/mol. The van der Waals surface area contributed by atoms with Gasteiger partial charge >= 0.3 is 17.9 Å². The Morgan fingerprint density at radius 1 is 0.810 bits per heavy atom. The molecule has 13 nitrogen and oxygen atoms in total. The summed E-state index contributed by atoms with van der Waals surface area (Å²) >= 11 is 0. The maximum Gasteiger partial charge on any atom is 0.524 e. The van der Waals surface area contributed by atoms with Gasteiger partial charge in [0.05, 0.1) is 40.6 Å². The second-order valence-electron chi connectivity index (χ2n) is 9.99. The van der Waals surface area contributed by atoms with E-state index in [0.717, 1.165) is 65.5 Å². The van der Waals surface area contributed by atoms with Gasteiger partial charge in [0.25, 0.3) is 0 Å². The molecule has 1 atom stereocenters. The van der Waals surface area contributed by atoms with Gasteiger partial charge in [-0.25, -0.2) is 13.9 Å². The molecule has 1 unspecified atom stereocenters. The lowest BCUT2D eigenvalue weighted by atomic mass is 10.3. The number of azo groups is 2. The van der Waals surface area contributed by atoms with Gasteiger partial charge in [-0.2, -0.15) is 9.48 Å². The van der Waals surface area contributed by atoms with E-state index in [1.807, 2.05) is 115 Å². The van der Waals surface area contributed by atoms with Crippen LogP contribution in [0.1, 0.15) is 12.8 Å². The first kappa shape index (κ1) is 30.1. The van der Waals surface area contributed by atoms with Gasteiger partial charge < -0.3 is 21.3 Å². The Morgan fingerprint density at radius 3 is 1.83 bits per heavy atom. The van der Waals surface area contributed by atoms with Crippen molar-refractivity contribution in [2.45, 2.75) is 12.8 Å². The number of urea groups is 1. The van der Waals surface area contributed by atoms with Gasteiger partial charge in [0.1, 0.15) is 28.9 Å². The largest absolute Gasteiger partial charge is 0.524 e. The minimum absolute atomic E-state index is 0.153. The number of rotatable bonds is 13. The monoisotopic (exact) mass is 573 g/mol. The van der Waals surface area contributed by atoms with Crippen LogP contribution in [0.5, 0.6) is 0 Å². The molecule has 5 N–H and O–H groups in total. The summed E-state index contributed by atoms with van der Waals surface area (Å²) in [5, 5.41) is 29.8. The quantitative estimate of drug-likeness (QED) is 0.122. The number of carbonyl (C=O) groups is 1. The molecule has 2 heterocycles. The zero-order chi connectivity index (χ0) is 29.7. The lowest BCUT2D eigenvalue weighted by Gasteiger charge is -2.10. The molecule has 0 fully saturated rings. The normalized spacial score (nSPS) is 14.7. The average molecular weight is 574 g/mol. The molecule has 0 bridgehead atoms. The van der Waals surface area contributed by atoms with E-state index in [1.165, 1.54) is 0 Å². The summed E-state index contributed by atoms with van der Waals surface area (Å²) in [6, 6.07) is 15.4. The van der Waals surface area contributed by atoms with E-state index in [-0.39, 0.29) is 6.03 Å². The molecule has 1 aliphatic heterocycles. The van der Waals surface area contributed by atoms with Crippen molar-refractivity contribution in [3.63, 3.8) is 0 Å². The van der Waals surface area contributed by atoms with Crippen molar-refractivity contribution in [1.29, 1.82) is 0 Å². The van der Waals surface area contributed by atoms with Gasteiger partial charge in [0, 0.05) is 42.7 Å². The molecule has 220 valence electrons. The molecule has 42 heavy (non-hydrogen) atoms. The lowest BCUT2D eigenvalue weighted by Crippen LogP contribution is -3.06. The van der Waals surface area contributed by atoms with Gasteiger partial charge in [-0.3, -0.25) is 0 Å². The van der Waals surface area contributed by atoms with Crippen LogP contribution in [-0.4, -0.2) is 61.4 Å². The number of aryl methyl sites for hydroxylation is 2. The van der Waals surface area contributed by atoms with Crippen LogP contribution >= 0.6 is 0 Å². The number of hydrogen-bond donors (Lipinski definition) is 5. The van der Waals surface area contributed by atoms with Crippen molar-refractivity contribution >= 4 is 40.7 Å². The van der Waals surface area contributed by atoms with Crippen LogP contribution in [-0.2, 0) is 14.1 Å². The van der Waals surface area contributed by atoms with Gasteiger partial charge in [0.2, 0.25) is 0 Å². The maximum absolute atomic E-state index is 12.1. The zero-order valence-corrected chi connectivity index (χ0v) is 24.7. The highest BCUT2D eigenvalue weighted by Crippen LogP contribution is 2.19. The number of amides is 2. The summed E-state index contributed by atoms with van der Waals surface area (Å²) in [4.78, 5) is 13.1. The molecule has 1 aliphatic rings. The third-order valence-electron chi connectivity index (χ3n) is 6.57. The van der Waals surface area contributed by atoms with Crippen LogP contribution in [0.25, 0.3) is 0 Å². The summed E-state index contributed by atoms with van der Waals surface area (Å²) in [5.41, 5.74) is 3.58. The second-order valence-corrected chi connectivity index (χ2v) is 9.99. The Morgan fingerprint density at radius 2 is 1.36 bits per heavy atom. The second kappa shape index (κ2) is 15.2. The SMILES string of the molecule is Cn1cc[n+](C)c1N=Nc1ccc(NCCCNC(=O)NCCCNc2ccc(N=NC3=[N+](C)C=C[NH+]3C)cc2)cc1. The molecule has 1 aromatic heterocycles. The van der Waals surface area contributed by atoms with Crippen molar-refractivity contribution in [3.05, 3.63) is 73.3 Å². The van der Waals surface area contributed by atoms with Crippen LogP contribution in [0.15, 0.2) is 93.8 Å². The summed E-state index contributed by atoms with van der Waals surface area (Å²) in [6.07, 6.45) is 9.47. The van der Waals surface area contributed by atoms with Crippen LogP contribution in [0.4, 0.5) is 33.5 Å². The van der Waals surface area contributed by atoms with Crippen LogP contribution in [0.2, 0.25) is 0 Å². The number of benzene rings is 2. The first-order valence-electron chi connectivity index (χ1n) is 14.0.